The second-order valence-electron chi connectivity index (χ2n) is 6.30. The van der Waals surface area contributed by atoms with Crippen molar-refractivity contribution in [3.63, 3.8) is 0 Å². The maximum absolute atomic E-state index is 12.9. The Bertz CT molecular complexity index is 1100. The number of ether oxygens (including phenoxy) is 2. The Hall–Kier alpha value is -3.53. The fourth-order valence-electron chi connectivity index (χ4n) is 2.88. The maximum atomic E-state index is 12.9. The minimum atomic E-state index is -3.29. The molecule has 0 spiro atoms. The normalized spacial score (nSPS) is 11.0. The van der Waals surface area contributed by atoms with Crippen LogP contribution in [0.1, 0.15) is 15.9 Å². The summed E-state index contributed by atoms with van der Waals surface area (Å²) in [4.78, 5) is 17.0. The van der Waals surface area contributed by atoms with Gasteiger partial charge in [-0.3, -0.25) is 4.98 Å². The van der Waals surface area contributed by atoms with Crippen LogP contribution in [0.5, 0.6) is 11.5 Å². The van der Waals surface area contributed by atoms with Crippen molar-refractivity contribution in [3.8, 4) is 11.5 Å². The quantitative estimate of drug-likeness (QED) is 0.388. The summed E-state index contributed by atoms with van der Waals surface area (Å²) >= 11 is 6.22. The molecule has 0 saturated carbocycles. The highest BCUT2D eigenvalue weighted by atomic mass is 35.5. The fraction of sp³-hybridized carbons (Fsp3) is 0.143. The van der Waals surface area contributed by atoms with Crippen LogP contribution in [0.25, 0.3) is 0 Å². The molecule has 1 N–H and O–H groups in total. The van der Waals surface area contributed by atoms with Crippen LogP contribution in [-0.4, -0.2) is 29.3 Å². The van der Waals surface area contributed by atoms with Gasteiger partial charge >= 0.3 is 19.2 Å². The van der Waals surface area contributed by atoms with E-state index in [2.05, 4.69) is 14.5 Å². The smallest absolute Gasteiger partial charge is 0.387 e. The molecule has 0 amide bonds. The van der Waals surface area contributed by atoms with Crippen LogP contribution < -0.4 is 14.4 Å². The van der Waals surface area contributed by atoms with Gasteiger partial charge in [-0.25, -0.2) is 4.79 Å². The van der Waals surface area contributed by atoms with Crippen molar-refractivity contribution in [1.29, 1.82) is 0 Å². The Labute approximate surface area is 184 Å². The zero-order valence-corrected chi connectivity index (χ0v) is 16.8. The standard InChI is InChI=1S/C21H15ClF4N2O4/c22-16-6-7-27-10-13(16)11-28(14-3-1-2-12(8-14)19(29)30)15-4-5-17(31-20(23)24)18(9-15)32-21(25)26/h1-10,20-21H,11H2,(H,29,30). The minimum absolute atomic E-state index is 0.0218. The lowest BCUT2D eigenvalue weighted by atomic mass is 10.1. The maximum Gasteiger partial charge on any atom is 0.387 e. The Kier molecular flexibility index (Phi) is 7.37. The van der Waals surface area contributed by atoms with E-state index in [1.807, 2.05) is 0 Å². The third kappa shape index (κ3) is 5.79. The third-order valence-corrected chi connectivity index (χ3v) is 4.62. The number of rotatable bonds is 9. The molecule has 0 unspecified atom stereocenters. The first-order chi connectivity index (χ1) is 15.2. The average molecular weight is 471 g/mol. The highest BCUT2D eigenvalue weighted by Gasteiger charge is 2.20. The lowest BCUT2D eigenvalue weighted by Gasteiger charge is -2.27. The van der Waals surface area contributed by atoms with Crippen molar-refractivity contribution in [3.05, 3.63) is 77.1 Å². The molecule has 11 heteroatoms. The SMILES string of the molecule is O=C(O)c1cccc(N(Cc2cnccc2Cl)c2ccc(OC(F)F)c(OC(F)F)c2)c1. The molecule has 0 radical (unpaired) electrons. The second kappa shape index (κ2) is 10.2. The number of hydrogen-bond acceptors (Lipinski definition) is 5. The van der Waals surface area contributed by atoms with Crippen LogP contribution in [0.15, 0.2) is 60.9 Å². The number of nitrogens with zero attached hydrogens (tertiary/aromatic N) is 2. The number of benzene rings is 2. The van der Waals surface area contributed by atoms with Crippen molar-refractivity contribution in [1.82, 2.24) is 4.98 Å². The van der Waals surface area contributed by atoms with E-state index in [0.29, 0.717) is 16.3 Å². The molecule has 1 aromatic heterocycles. The summed E-state index contributed by atoms with van der Waals surface area (Å²) < 4.78 is 59.7. The number of anilines is 2. The number of aromatic carboxylic acids is 1. The van der Waals surface area contributed by atoms with Gasteiger partial charge in [0.25, 0.3) is 0 Å². The number of aromatic nitrogens is 1. The summed E-state index contributed by atoms with van der Waals surface area (Å²) in [6, 6.07) is 10.9. The van der Waals surface area contributed by atoms with Crippen LogP contribution in [0, 0.1) is 0 Å². The van der Waals surface area contributed by atoms with E-state index in [0.717, 1.165) is 12.1 Å². The molecule has 0 bridgehead atoms. The van der Waals surface area contributed by atoms with Gasteiger partial charge in [-0.1, -0.05) is 17.7 Å². The summed E-state index contributed by atoms with van der Waals surface area (Å²) in [5, 5.41) is 9.68. The first-order valence-corrected chi connectivity index (χ1v) is 9.35. The molecule has 1 heterocycles. The third-order valence-electron chi connectivity index (χ3n) is 4.25. The summed E-state index contributed by atoms with van der Waals surface area (Å²) in [7, 11) is 0. The first kappa shape index (κ1) is 23.1. The molecule has 32 heavy (non-hydrogen) atoms. The molecular formula is C21H15ClF4N2O4. The lowest BCUT2D eigenvalue weighted by Crippen LogP contribution is -2.18. The number of hydrogen-bond donors (Lipinski definition) is 1. The molecule has 0 aliphatic rings. The van der Waals surface area contributed by atoms with Crippen LogP contribution in [0.4, 0.5) is 28.9 Å². The summed E-state index contributed by atoms with van der Waals surface area (Å²) in [5.74, 6) is -2.37. The van der Waals surface area contributed by atoms with Crippen molar-refractivity contribution >= 4 is 28.9 Å². The Morgan fingerprint density at radius 1 is 1.00 bits per heavy atom. The number of alkyl halides is 4. The van der Waals surface area contributed by atoms with E-state index in [9.17, 15) is 27.5 Å². The van der Waals surface area contributed by atoms with Crippen molar-refractivity contribution in [2.75, 3.05) is 4.90 Å². The van der Waals surface area contributed by atoms with E-state index >= 15 is 0 Å². The van der Waals surface area contributed by atoms with Crippen molar-refractivity contribution in [2.24, 2.45) is 0 Å². The number of carboxylic acid groups (broad SMARTS) is 1. The van der Waals surface area contributed by atoms with Crippen LogP contribution in [0.2, 0.25) is 5.02 Å². The molecule has 0 saturated heterocycles. The summed E-state index contributed by atoms with van der Waals surface area (Å²) in [6.07, 6.45) is 2.97. The fourth-order valence-corrected chi connectivity index (χ4v) is 3.05. The molecule has 168 valence electrons. The van der Waals surface area contributed by atoms with E-state index in [1.165, 1.54) is 36.7 Å². The Balaban J connectivity index is 2.11. The summed E-state index contributed by atoms with van der Waals surface area (Å²) in [5.41, 5.74) is 1.12. The molecule has 3 aromatic rings. The zero-order chi connectivity index (χ0) is 23.3. The van der Waals surface area contributed by atoms with Gasteiger partial charge in [0.1, 0.15) is 0 Å². The van der Waals surface area contributed by atoms with Gasteiger partial charge in [0.15, 0.2) is 11.5 Å². The molecule has 0 aliphatic carbocycles. The monoisotopic (exact) mass is 470 g/mol. The highest BCUT2D eigenvalue weighted by Crippen LogP contribution is 2.38. The average Bonchev–Trinajstić information content (AvgIpc) is 2.74. The minimum Gasteiger partial charge on any atom is -0.478 e. The Morgan fingerprint density at radius 2 is 1.69 bits per heavy atom. The topological polar surface area (TPSA) is 71.9 Å². The second-order valence-corrected chi connectivity index (χ2v) is 6.70. The molecule has 0 fully saturated rings. The molecule has 6 nitrogen and oxygen atoms in total. The van der Waals surface area contributed by atoms with E-state index in [1.54, 1.807) is 17.0 Å². The van der Waals surface area contributed by atoms with Crippen LogP contribution in [-0.2, 0) is 6.54 Å². The zero-order valence-electron chi connectivity index (χ0n) is 16.1. The lowest BCUT2D eigenvalue weighted by molar-refractivity contribution is -0.0692. The molecule has 0 aliphatic heterocycles. The van der Waals surface area contributed by atoms with Gasteiger partial charge in [0, 0.05) is 40.4 Å². The van der Waals surface area contributed by atoms with Gasteiger partial charge in [-0.05, 0) is 36.4 Å². The van der Waals surface area contributed by atoms with Crippen LogP contribution in [0.3, 0.4) is 0 Å². The number of carbonyl (C=O) groups is 1. The van der Waals surface area contributed by atoms with Gasteiger partial charge < -0.3 is 19.5 Å². The van der Waals surface area contributed by atoms with Crippen molar-refractivity contribution < 1.29 is 36.9 Å². The summed E-state index contributed by atoms with van der Waals surface area (Å²) in [6.45, 7) is -6.49. The number of carboxylic acids is 1. The van der Waals surface area contributed by atoms with Gasteiger partial charge in [0.2, 0.25) is 0 Å². The Morgan fingerprint density at radius 3 is 2.34 bits per heavy atom. The molecule has 2 aromatic carbocycles. The van der Waals surface area contributed by atoms with Gasteiger partial charge in [-0.2, -0.15) is 17.6 Å². The van der Waals surface area contributed by atoms with E-state index < -0.39 is 30.7 Å². The predicted molar refractivity (Wildman–Crippen MR) is 108 cm³/mol. The van der Waals surface area contributed by atoms with Gasteiger partial charge in [0.05, 0.1) is 12.1 Å². The molecule has 0 atom stereocenters. The first-order valence-electron chi connectivity index (χ1n) is 8.97. The van der Waals surface area contributed by atoms with Crippen LogP contribution >= 0.6 is 11.6 Å². The molecule has 3 rings (SSSR count). The van der Waals surface area contributed by atoms with E-state index in [4.69, 9.17) is 11.6 Å². The van der Waals surface area contributed by atoms with Crippen molar-refractivity contribution in [2.45, 2.75) is 19.8 Å². The highest BCUT2D eigenvalue weighted by molar-refractivity contribution is 6.31. The number of halogens is 5. The number of pyridine rings is 1. The van der Waals surface area contributed by atoms with E-state index in [-0.39, 0.29) is 17.8 Å². The largest absolute Gasteiger partial charge is 0.478 e. The van der Waals surface area contributed by atoms with Gasteiger partial charge in [-0.15, -0.1) is 0 Å². The molecular weight excluding hydrogens is 456 g/mol. The predicted octanol–water partition coefficient (Wildman–Crippen LogP) is 5.97.